The predicted molar refractivity (Wildman–Crippen MR) is 52.8 cm³/mol. The lowest BCUT2D eigenvalue weighted by Gasteiger charge is -2.34. The maximum absolute atomic E-state index is 4.47. The van der Waals surface area contributed by atoms with Crippen LogP contribution in [0.15, 0.2) is 10.6 Å². The van der Waals surface area contributed by atoms with E-state index in [1.54, 1.807) is 0 Å². The van der Waals surface area contributed by atoms with Gasteiger partial charge in [0.05, 0.1) is 6.54 Å². The molecule has 1 saturated heterocycles. The molecule has 1 N–H and O–H groups in total. The lowest BCUT2D eigenvalue weighted by atomic mass is 10.3. The second kappa shape index (κ2) is 3.28. The Hall–Kier alpha value is -0.190. The molecule has 2 aliphatic rings. The smallest absolute Gasteiger partial charge is 0.0540 e. The number of fused-ring (bicyclic) bond motifs is 1. The molecule has 2 heterocycles. The molecule has 0 spiro atoms. The van der Waals surface area contributed by atoms with E-state index in [9.17, 15) is 0 Å². The van der Waals surface area contributed by atoms with Gasteiger partial charge in [0, 0.05) is 37.3 Å². The summed E-state index contributed by atoms with van der Waals surface area (Å²) in [6.45, 7) is 4.39. The van der Waals surface area contributed by atoms with Crippen molar-refractivity contribution in [2.45, 2.75) is 6.42 Å². The molecule has 0 unspecified atom stereocenters. The van der Waals surface area contributed by atoms with Gasteiger partial charge in [-0.3, -0.25) is 0 Å². The van der Waals surface area contributed by atoms with Gasteiger partial charge in [-0.2, -0.15) is 0 Å². The maximum atomic E-state index is 4.47. The van der Waals surface area contributed by atoms with Crippen LogP contribution in [0.1, 0.15) is 6.42 Å². The first-order chi connectivity index (χ1) is 5.81. The van der Waals surface area contributed by atoms with E-state index < -0.39 is 0 Å². The normalized spacial score (nSPS) is 26.2. The fraction of sp³-hybridized carbons (Fsp3) is 0.750. The SMILES string of the molecule is CNC1=C(S)CN2CCCN2C1. The molecule has 0 saturated carbocycles. The summed E-state index contributed by atoms with van der Waals surface area (Å²) in [4.78, 5) is 1.19. The van der Waals surface area contributed by atoms with E-state index in [0.717, 1.165) is 13.1 Å². The number of likely N-dealkylation sites (N-methyl/N-ethyl adjacent to an activating group) is 1. The molecule has 0 amide bonds. The van der Waals surface area contributed by atoms with Crippen LogP contribution in [0.25, 0.3) is 0 Å². The van der Waals surface area contributed by atoms with Gasteiger partial charge >= 0.3 is 0 Å². The van der Waals surface area contributed by atoms with E-state index in [1.165, 1.54) is 30.1 Å². The average molecular weight is 185 g/mol. The molecule has 0 aromatic carbocycles. The first-order valence-electron chi connectivity index (χ1n) is 4.40. The van der Waals surface area contributed by atoms with Crippen molar-refractivity contribution >= 4 is 12.6 Å². The number of thiol groups is 1. The van der Waals surface area contributed by atoms with Gasteiger partial charge < -0.3 is 5.32 Å². The molecule has 0 aliphatic carbocycles. The first kappa shape index (κ1) is 8.41. The maximum Gasteiger partial charge on any atom is 0.0540 e. The fourth-order valence-corrected chi connectivity index (χ4v) is 2.19. The number of nitrogens with zero attached hydrogens (tertiary/aromatic N) is 2. The van der Waals surface area contributed by atoms with E-state index in [4.69, 9.17) is 0 Å². The summed E-state index contributed by atoms with van der Waals surface area (Å²) in [6, 6.07) is 0. The zero-order valence-corrected chi connectivity index (χ0v) is 8.27. The predicted octanol–water partition coefficient (Wildman–Crippen LogP) is 0.283. The highest BCUT2D eigenvalue weighted by Crippen LogP contribution is 2.22. The molecule has 2 rings (SSSR count). The van der Waals surface area contributed by atoms with Crippen molar-refractivity contribution in [1.82, 2.24) is 15.3 Å². The van der Waals surface area contributed by atoms with Crippen LogP contribution in [0.2, 0.25) is 0 Å². The second-order valence-corrected chi connectivity index (χ2v) is 3.84. The minimum Gasteiger partial charge on any atom is -0.390 e. The van der Waals surface area contributed by atoms with Crippen LogP contribution < -0.4 is 5.32 Å². The van der Waals surface area contributed by atoms with Gasteiger partial charge in [-0.05, 0) is 6.42 Å². The van der Waals surface area contributed by atoms with Gasteiger partial charge in [0.25, 0.3) is 0 Å². The highest BCUT2D eigenvalue weighted by Gasteiger charge is 2.27. The van der Waals surface area contributed by atoms with Crippen LogP contribution in [0.5, 0.6) is 0 Å². The third-order valence-electron chi connectivity index (χ3n) is 2.56. The highest BCUT2D eigenvalue weighted by atomic mass is 32.1. The van der Waals surface area contributed by atoms with Crippen LogP contribution >= 0.6 is 12.6 Å². The van der Waals surface area contributed by atoms with Crippen molar-refractivity contribution in [3.63, 3.8) is 0 Å². The van der Waals surface area contributed by atoms with Crippen molar-refractivity contribution in [1.29, 1.82) is 0 Å². The molecular formula is C8H15N3S. The minimum atomic E-state index is 0.985. The van der Waals surface area contributed by atoms with Crippen molar-refractivity contribution < 1.29 is 0 Å². The van der Waals surface area contributed by atoms with Crippen LogP contribution in [0, 0.1) is 0 Å². The van der Waals surface area contributed by atoms with Crippen LogP contribution in [-0.2, 0) is 0 Å². The van der Waals surface area contributed by atoms with Gasteiger partial charge in [-0.15, -0.1) is 12.6 Å². The summed E-state index contributed by atoms with van der Waals surface area (Å²) >= 11 is 4.47. The lowest BCUT2D eigenvalue weighted by Crippen LogP contribution is -2.44. The van der Waals surface area contributed by atoms with Crippen molar-refractivity contribution in [3.8, 4) is 0 Å². The van der Waals surface area contributed by atoms with E-state index >= 15 is 0 Å². The molecule has 2 aliphatic heterocycles. The average Bonchev–Trinajstić information content (AvgIpc) is 2.49. The Labute approximate surface area is 78.8 Å². The minimum absolute atomic E-state index is 0.985. The molecule has 0 aromatic heterocycles. The van der Waals surface area contributed by atoms with Crippen molar-refractivity contribution in [2.75, 3.05) is 33.2 Å². The largest absolute Gasteiger partial charge is 0.390 e. The van der Waals surface area contributed by atoms with E-state index in [2.05, 4.69) is 28.0 Å². The summed E-state index contributed by atoms with van der Waals surface area (Å²) in [5, 5.41) is 7.97. The third-order valence-corrected chi connectivity index (χ3v) is 2.97. The van der Waals surface area contributed by atoms with Gasteiger partial charge in [0.15, 0.2) is 0 Å². The number of hydrazine groups is 1. The van der Waals surface area contributed by atoms with E-state index in [0.29, 0.717) is 0 Å². The third kappa shape index (κ3) is 1.34. The molecule has 0 bridgehead atoms. The molecule has 0 aromatic rings. The summed E-state index contributed by atoms with van der Waals surface area (Å²) in [5.74, 6) is 0. The van der Waals surface area contributed by atoms with Gasteiger partial charge in [0.1, 0.15) is 0 Å². The quantitative estimate of drug-likeness (QED) is 0.572. The summed E-state index contributed by atoms with van der Waals surface area (Å²) in [5.41, 5.74) is 1.27. The zero-order valence-electron chi connectivity index (χ0n) is 7.38. The second-order valence-electron chi connectivity index (χ2n) is 3.31. The highest BCUT2D eigenvalue weighted by molar-refractivity contribution is 7.84. The number of nitrogens with one attached hydrogen (secondary N) is 1. The number of hydrogen-bond donors (Lipinski definition) is 2. The van der Waals surface area contributed by atoms with E-state index in [-0.39, 0.29) is 0 Å². The molecular weight excluding hydrogens is 170 g/mol. The lowest BCUT2D eigenvalue weighted by molar-refractivity contribution is 0.0374. The summed E-state index contributed by atoms with van der Waals surface area (Å²) in [7, 11) is 1.97. The Bertz CT molecular complexity index is 214. The Morgan fingerprint density at radius 1 is 1.25 bits per heavy atom. The van der Waals surface area contributed by atoms with Crippen LogP contribution in [-0.4, -0.2) is 43.2 Å². The van der Waals surface area contributed by atoms with Crippen LogP contribution in [0.4, 0.5) is 0 Å². The van der Waals surface area contributed by atoms with Gasteiger partial charge in [-0.1, -0.05) is 0 Å². The van der Waals surface area contributed by atoms with E-state index in [1.807, 2.05) is 7.05 Å². The number of rotatable bonds is 1. The standard InChI is InChI=1S/C8H15N3S/c1-9-7-5-10-3-2-4-11(10)6-8(7)12/h9,12H,2-6H2,1H3. The van der Waals surface area contributed by atoms with Gasteiger partial charge in [-0.25, -0.2) is 10.0 Å². The Morgan fingerprint density at radius 2 is 1.92 bits per heavy atom. The Balaban J connectivity index is 2.12. The van der Waals surface area contributed by atoms with Gasteiger partial charge in [0.2, 0.25) is 0 Å². The van der Waals surface area contributed by atoms with Crippen molar-refractivity contribution in [3.05, 3.63) is 10.6 Å². The molecule has 12 heavy (non-hydrogen) atoms. The molecule has 0 radical (unpaired) electrons. The first-order valence-corrected chi connectivity index (χ1v) is 4.84. The van der Waals surface area contributed by atoms with Crippen molar-refractivity contribution in [2.24, 2.45) is 0 Å². The molecule has 1 fully saturated rings. The molecule has 4 heteroatoms. The Kier molecular flexibility index (Phi) is 2.30. The summed E-state index contributed by atoms with van der Waals surface area (Å²) in [6.07, 6.45) is 1.29. The Morgan fingerprint density at radius 3 is 2.58 bits per heavy atom. The molecule has 3 nitrogen and oxygen atoms in total. The monoisotopic (exact) mass is 185 g/mol. The fourth-order valence-electron chi connectivity index (χ4n) is 1.84. The molecule has 68 valence electrons. The zero-order chi connectivity index (χ0) is 8.55. The van der Waals surface area contributed by atoms with Crippen LogP contribution in [0.3, 0.4) is 0 Å². The molecule has 0 atom stereocenters. The topological polar surface area (TPSA) is 18.5 Å². The number of hydrogen-bond acceptors (Lipinski definition) is 4. The summed E-state index contributed by atoms with van der Waals surface area (Å²) < 4.78 is 0.